The molecule has 6 heteroatoms. The molecule has 27 heavy (non-hydrogen) atoms. The van der Waals surface area contributed by atoms with Crippen LogP contribution in [0.15, 0.2) is 36.4 Å². The van der Waals surface area contributed by atoms with E-state index >= 15 is 0 Å². The van der Waals surface area contributed by atoms with Crippen LogP contribution in [0, 0.1) is 18.8 Å². The van der Waals surface area contributed by atoms with E-state index in [0.29, 0.717) is 25.9 Å². The molecular formula is C21H25N3O3. The van der Waals surface area contributed by atoms with Gasteiger partial charge >= 0.3 is 0 Å². The standard InChI is InChI=1S/C21H25N3O3/c1-15-6-2-5-9-18(15)22-10-12-23(13-11-22)19(25)14-24-20(26)16-7-3-4-8-17(16)21(24)27/h2-6,9,16-17H,7-8,10-14H2,1H3/t16-,17-/m0/s1. The third kappa shape index (κ3) is 3.24. The Kier molecular flexibility index (Phi) is 4.72. The van der Waals surface area contributed by atoms with Gasteiger partial charge in [-0.2, -0.15) is 0 Å². The number of aryl methyl sites for hydroxylation is 1. The van der Waals surface area contributed by atoms with Gasteiger partial charge in [0.15, 0.2) is 0 Å². The number of carbonyl (C=O) groups is 3. The van der Waals surface area contributed by atoms with Crippen molar-refractivity contribution < 1.29 is 14.4 Å². The van der Waals surface area contributed by atoms with E-state index in [2.05, 4.69) is 24.0 Å². The number of imide groups is 1. The van der Waals surface area contributed by atoms with Gasteiger partial charge in [0.2, 0.25) is 17.7 Å². The van der Waals surface area contributed by atoms with Crippen molar-refractivity contribution in [3.05, 3.63) is 42.0 Å². The molecular weight excluding hydrogens is 342 g/mol. The smallest absolute Gasteiger partial charge is 0.242 e. The Labute approximate surface area is 159 Å². The summed E-state index contributed by atoms with van der Waals surface area (Å²) in [5, 5.41) is 0. The lowest BCUT2D eigenvalue weighted by Gasteiger charge is -2.37. The van der Waals surface area contributed by atoms with Crippen LogP contribution in [0.5, 0.6) is 0 Å². The second kappa shape index (κ2) is 7.18. The second-order valence-corrected chi connectivity index (χ2v) is 7.57. The minimum atomic E-state index is -0.270. The van der Waals surface area contributed by atoms with E-state index in [0.717, 1.165) is 13.1 Å². The number of amides is 3. The summed E-state index contributed by atoms with van der Waals surface area (Å²) in [7, 11) is 0. The highest BCUT2D eigenvalue weighted by atomic mass is 16.2. The van der Waals surface area contributed by atoms with Crippen LogP contribution in [0.1, 0.15) is 18.4 Å². The predicted octanol–water partition coefficient (Wildman–Crippen LogP) is 1.59. The number of nitrogens with zero attached hydrogens (tertiary/aromatic N) is 3. The highest BCUT2D eigenvalue weighted by molar-refractivity contribution is 6.07. The molecule has 0 saturated carbocycles. The van der Waals surface area contributed by atoms with Gasteiger partial charge in [-0.05, 0) is 31.4 Å². The number of anilines is 1. The fourth-order valence-electron chi connectivity index (χ4n) is 4.38. The van der Waals surface area contributed by atoms with Crippen LogP contribution in [0.3, 0.4) is 0 Å². The summed E-state index contributed by atoms with van der Waals surface area (Å²) in [6, 6.07) is 8.24. The number of rotatable bonds is 3. The van der Waals surface area contributed by atoms with Crippen LogP contribution in [-0.2, 0) is 14.4 Å². The SMILES string of the molecule is Cc1ccccc1N1CCN(C(=O)CN2C(=O)[C@H]3CC=CC[C@@H]3C2=O)CC1. The van der Waals surface area contributed by atoms with Gasteiger partial charge in [0.1, 0.15) is 6.54 Å². The van der Waals surface area contributed by atoms with Gasteiger partial charge in [0, 0.05) is 31.9 Å². The molecule has 2 fully saturated rings. The highest BCUT2D eigenvalue weighted by Crippen LogP contribution is 2.35. The van der Waals surface area contributed by atoms with Crippen LogP contribution < -0.4 is 4.90 Å². The van der Waals surface area contributed by atoms with E-state index in [1.165, 1.54) is 16.2 Å². The zero-order valence-electron chi connectivity index (χ0n) is 15.6. The van der Waals surface area contributed by atoms with Gasteiger partial charge in [-0.3, -0.25) is 19.3 Å². The number of allylic oxidation sites excluding steroid dienone is 2. The molecule has 1 aromatic carbocycles. The third-order valence-electron chi connectivity index (χ3n) is 5.98. The molecule has 0 N–H and O–H groups in total. The zero-order chi connectivity index (χ0) is 19.0. The van der Waals surface area contributed by atoms with Crippen molar-refractivity contribution >= 4 is 23.4 Å². The summed E-state index contributed by atoms with van der Waals surface area (Å²) in [5.74, 6) is -1.03. The topological polar surface area (TPSA) is 60.9 Å². The van der Waals surface area contributed by atoms with Crippen molar-refractivity contribution in [2.24, 2.45) is 11.8 Å². The third-order valence-corrected chi connectivity index (χ3v) is 5.98. The Morgan fingerprint density at radius 1 is 0.963 bits per heavy atom. The van der Waals surface area contributed by atoms with E-state index in [-0.39, 0.29) is 36.1 Å². The first kappa shape index (κ1) is 17.8. The lowest BCUT2D eigenvalue weighted by molar-refractivity contribution is -0.146. The Hall–Kier alpha value is -2.63. The normalized spacial score (nSPS) is 25.1. The first-order valence-corrected chi connectivity index (χ1v) is 9.65. The van der Waals surface area contributed by atoms with Crippen molar-refractivity contribution in [1.82, 2.24) is 9.80 Å². The first-order chi connectivity index (χ1) is 13.1. The lowest BCUT2D eigenvalue weighted by atomic mass is 9.85. The molecule has 1 aliphatic carbocycles. The average molecular weight is 367 g/mol. The molecule has 3 amide bonds. The number of para-hydroxylation sites is 1. The molecule has 0 aromatic heterocycles. The van der Waals surface area contributed by atoms with Gasteiger partial charge in [-0.1, -0.05) is 30.4 Å². The second-order valence-electron chi connectivity index (χ2n) is 7.57. The molecule has 0 radical (unpaired) electrons. The maximum absolute atomic E-state index is 12.7. The monoisotopic (exact) mass is 367 g/mol. The number of benzene rings is 1. The maximum atomic E-state index is 12.7. The van der Waals surface area contributed by atoms with Crippen molar-refractivity contribution in [2.75, 3.05) is 37.6 Å². The summed E-state index contributed by atoms with van der Waals surface area (Å²) < 4.78 is 0. The van der Waals surface area contributed by atoms with Gasteiger partial charge in [-0.15, -0.1) is 0 Å². The van der Waals surface area contributed by atoms with Gasteiger partial charge in [0.05, 0.1) is 11.8 Å². The van der Waals surface area contributed by atoms with E-state index < -0.39 is 0 Å². The summed E-state index contributed by atoms with van der Waals surface area (Å²) in [5.41, 5.74) is 2.42. The Bertz CT molecular complexity index is 770. The summed E-state index contributed by atoms with van der Waals surface area (Å²) in [6.45, 7) is 4.71. The van der Waals surface area contributed by atoms with Gasteiger partial charge < -0.3 is 9.80 Å². The summed E-state index contributed by atoms with van der Waals surface area (Å²) >= 11 is 0. The number of carbonyl (C=O) groups excluding carboxylic acids is 3. The fraction of sp³-hybridized carbons (Fsp3) is 0.476. The molecule has 3 aliphatic rings. The van der Waals surface area contributed by atoms with E-state index in [4.69, 9.17) is 0 Å². The quantitative estimate of drug-likeness (QED) is 0.601. The minimum absolute atomic E-state index is 0.116. The first-order valence-electron chi connectivity index (χ1n) is 9.65. The molecule has 2 atom stereocenters. The van der Waals surface area contributed by atoms with Crippen LogP contribution in [0.25, 0.3) is 0 Å². The molecule has 1 aromatic rings. The average Bonchev–Trinajstić information content (AvgIpc) is 2.94. The lowest BCUT2D eigenvalue weighted by Crippen LogP contribution is -2.52. The van der Waals surface area contributed by atoms with Crippen molar-refractivity contribution in [3.63, 3.8) is 0 Å². The predicted molar refractivity (Wildman–Crippen MR) is 102 cm³/mol. The largest absolute Gasteiger partial charge is 0.368 e. The van der Waals surface area contributed by atoms with Crippen molar-refractivity contribution in [2.45, 2.75) is 19.8 Å². The number of fused-ring (bicyclic) bond motifs is 1. The van der Waals surface area contributed by atoms with E-state index in [9.17, 15) is 14.4 Å². The molecule has 6 nitrogen and oxygen atoms in total. The number of hydrogen-bond donors (Lipinski definition) is 0. The molecule has 142 valence electrons. The number of hydrogen-bond acceptors (Lipinski definition) is 4. The van der Waals surface area contributed by atoms with Gasteiger partial charge in [0.25, 0.3) is 0 Å². The summed E-state index contributed by atoms with van der Waals surface area (Å²) in [4.78, 5) is 43.0. The Morgan fingerprint density at radius 3 is 2.15 bits per heavy atom. The summed E-state index contributed by atoms with van der Waals surface area (Å²) in [6.07, 6.45) is 5.13. The Morgan fingerprint density at radius 2 is 1.56 bits per heavy atom. The van der Waals surface area contributed by atoms with Crippen molar-refractivity contribution in [3.8, 4) is 0 Å². The van der Waals surface area contributed by atoms with E-state index in [1.54, 1.807) is 4.90 Å². The number of likely N-dealkylation sites (tertiary alicyclic amines) is 1. The molecule has 2 aliphatic heterocycles. The zero-order valence-corrected chi connectivity index (χ0v) is 15.6. The molecule has 0 unspecified atom stereocenters. The fourth-order valence-corrected chi connectivity index (χ4v) is 4.38. The maximum Gasteiger partial charge on any atom is 0.242 e. The molecule has 0 bridgehead atoms. The van der Waals surface area contributed by atoms with Crippen LogP contribution >= 0.6 is 0 Å². The Balaban J connectivity index is 1.36. The molecule has 2 saturated heterocycles. The van der Waals surface area contributed by atoms with Crippen LogP contribution in [0.4, 0.5) is 5.69 Å². The number of piperazine rings is 1. The van der Waals surface area contributed by atoms with Crippen LogP contribution in [-0.4, -0.2) is 60.2 Å². The minimum Gasteiger partial charge on any atom is -0.368 e. The molecule has 2 heterocycles. The van der Waals surface area contributed by atoms with Crippen LogP contribution in [0.2, 0.25) is 0 Å². The van der Waals surface area contributed by atoms with E-state index in [1.807, 2.05) is 24.3 Å². The van der Waals surface area contributed by atoms with Gasteiger partial charge in [-0.25, -0.2) is 0 Å². The molecule has 0 spiro atoms. The van der Waals surface area contributed by atoms with Crippen molar-refractivity contribution in [1.29, 1.82) is 0 Å². The molecule has 4 rings (SSSR count). The highest BCUT2D eigenvalue weighted by Gasteiger charge is 2.47.